The van der Waals surface area contributed by atoms with Gasteiger partial charge in [0, 0.05) is 12.2 Å². The molecule has 0 spiro atoms. The highest BCUT2D eigenvalue weighted by Gasteiger charge is 2.30. The van der Waals surface area contributed by atoms with Crippen LogP contribution in [-0.2, 0) is 16.0 Å². The number of benzene rings is 2. The van der Waals surface area contributed by atoms with Crippen LogP contribution >= 0.6 is 15.9 Å². The van der Waals surface area contributed by atoms with Gasteiger partial charge in [-0.15, -0.1) is 0 Å². The fourth-order valence-electron chi connectivity index (χ4n) is 2.86. The van der Waals surface area contributed by atoms with Gasteiger partial charge >= 0.3 is 5.97 Å². The number of esters is 1. The van der Waals surface area contributed by atoms with Crippen molar-refractivity contribution in [1.29, 1.82) is 0 Å². The molecule has 0 fully saturated rings. The van der Waals surface area contributed by atoms with Gasteiger partial charge in [0.25, 0.3) is 5.91 Å². The van der Waals surface area contributed by atoms with E-state index in [1.54, 1.807) is 37.1 Å². The lowest BCUT2D eigenvalue weighted by atomic mass is 10.2. The first-order chi connectivity index (χ1) is 12.0. The Bertz CT molecular complexity index is 821. The Morgan fingerprint density at radius 3 is 2.68 bits per heavy atom. The van der Waals surface area contributed by atoms with Gasteiger partial charge in [0.15, 0.2) is 6.10 Å². The van der Waals surface area contributed by atoms with Crippen molar-refractivity contribution in [2.75, 3.05) is 18.6 Å². The quantitative estimate of drug-likeness (QED) is 0.731. The molecule has 0 unspecified atom stereocenters. The maximum atomic E-state index is 12.7. The van der Waals surface area contributed by atoms with E-state index in [-0.39, 0.29) is 5.91 Å². The molecule has 0 saturated carbocycles. The van der Waals surface area contributed by atoms with Gasteiger partial charge < -0.3 is 14.4 Å². The van der Waals surface area contributed by atoms with Crippen molar-refractivity contribution < 1.29 is 19.1 Å². The Kier molecular flexibility index (Phi) is 5.08. The highest BCUT2D eigenvalue weighted by molar-refractivity contribution is 9.10. The molecule has 1 amide bonds. The van der Waals surface area contributed by atoms with Crippen molar-refractivity contribution in [3.05, 3.63) is 58.1 Å². The Labute approximate surface area is 154 Å². The standard InChI is InChI=1S/C19H18BrNO4/c1-12(18(22)21-10-9-13-5-3-4-6-16(13)21)25-19(23)14-7-8-17(24-2)15(20)11-14/h3-8,11-12H,9-10H2,1-2H3/t12-/m0/s1. The SMILES string of the molecule is COc1ccc(C(=O)O[C@@H](C)C(=O)N2CCc3ccccc32)cc1Br. The zero-order chi connectivity index (χ0) is 18.0. The van der Waals surface area contributed by atoms with Crippen LogP contribution in [0.25, 0.3) is 0 Å². The fourth-order valence-corrected chi connectivity index (χ4v) is 3.40. The number of rotatable bonds is 4. The zero-order valence-electron chi connectivity index (χ0n) is 14.0. The second-order valence-electron chi connectivity index (χ2n) is 5.77. The molecule has 0 N–H and O–H groups in total. The van der Waals surface area contributed by atoms with Gasteiger partial charge in [0.1, 0.15) is 5.75 Å². The lowest BCUT2D eigenvalue weighted by Crippen LogP contribution is -2.39. The van der Waals surface area contributed by atoms with Gasteiger partial charge in [-0.25, -0.2) is 4.79 Å². The highest BCUT2D eigenvalue weighted by Crippen LogP contribution is 2.29. The third-order valence-corrected chi connectivity index (χ3v) is 4.79. The Hall–Kier alpha value is -2.34. The van der Waals surface area contributed by atoms with Crippen LogP contribution in [0.3, 0.4) is 0 Å². The van der Waals surface area contributed by atoms with Crippen LogP contribution in [0.15, 0.2) is 46.9 Å². The first kappa shape index (κ1) is 17.5. The number of carbonyl (C=O) groups is 2. The smallest absolute Gasteiger partial charge is 0.338 e. The molecule has 0 aromatic heterocycles. The van der Waals surface area contributed by atoms with Crippen LogP contribution in [0.5, 0.6) is 5.75 Å². The van der Waals surface area contributed by atoms with E-state index in [9.17, 15) is 9.59 Å². The minimum absolute atomic E-state index is 0.217. The molecule has 1 heterocycles. The van der Waals surface area contributed by atoms with Crippen LogP contribution in [0.4, 0.5) is 5.69 Å². The van der Waals surface area contributed by atoms with E-state index in [1.807, 2.05) is 24.3 Å². The molecule has 1 atom stereocenters. The van der Waals surface area contributed by atoms with Crippen molar-refractivity contribution in [2.45, 2.75) is 19.4 Å². The normalized spacial score (nSPS) is 14.0. The summed E-state index contributed by atoms with van der Waals surface area (Å²) in [5.74, 6) is -0.142. The van der Waals surface area contributed by atoms with Crippen molar-refractivity contribution in [3.8, 4) is 5.75 Å². The Morgan fingerprint density at radius 1 is 1.20 bits per heavy atom. The summed E-state index contributed by atoms with van der Waals surface area (Å²) in [6.07, 6.45) is -0.0480. The van der Waals surface area contributed by atoms with Crippen LogP contribution in [0.2, 0.25) is 0 Å². The number of halogens is 1. The molecular formula is C19H18BrNO4. The van der Waals surface area contributed by atoms with Gasteiger partial charge in [-0.1, -0.05) is 18.2 Å². The lowest BCUT2D eigenvalue weighted by molar-refractivity contribution is -0.126. The van der Waals surface area contributed by atoms with Crippen molar-refractivity contribution in [3.63, 3.8) is 0 Å². The number of ether oxygens (including phenoxy) is 2. The molecular weight excluding hydrogens is 386 g/mol. The molecule has 2 aromatic rings. The summed E-state index contributed by atoms with van der Waals surface area (Å²) in [7, 11) is 1.55. The van der Waals surface area contributed by atoms with E-state index in [4.69, 9.17) is 9.47 Å². The van der Waals surface area contributed by atoms with Gasteiger partial charge in [-0.05, 0) is 59.1 Å². The predicted octanol–water partition coefficient (Wildman–Crippen LogP) is 3.59. The average Bonchev–Trinajstić information content (AvgIpc) is 3.04. The maximum Gasteiger partial charge on any atom is 0.338 e. The molecule has 0 bridgehead atoms. The highest BCUT2D eigenvalue weighted by atomic mass is 79.9. The number of methoxy groups -OCH3 is 1. The van der Waals surface area contributed by atoms with E-state index in [2.05, 4.69) is 15.9 Å². The molecule has 2 aromatic carbocycles. The van der Waals surface area contributed by atoms with Gasteiger partial charge in [0.05, 0.1) is 17.1 Å². The predicted molar refractivity (Wildman–Crippen MR) is 98.1 cm³/mol. The fraction of sp³-hybridized carbons (Fsp3) is 0.263. The molecule has 130 valence electrons. The topological polar surface area (TPSA) is 55.8 Å². The lowest BCUT2D eigenvalue weighted by Gasteiger charge is -2.21. The molecule has 0 radical (unpaired) electrons. The van der Waals surface area contributed by atoms with Crippen LogP contribution < -0.4 is 9.64 Å². The van der Waals surface area contributed by atoms with Crippen molar-refractivity contribution in [1.82, 2.24) is 0 Å². The minimum atomic E-state index is -0.862. The van der Waals surface area contributed by atoms with Gasteiger partial charge in [-0.2, -0.15) is 0 Å². The zero-order valence-corrected chi connectivity index (χ0v) is 15.6. The molecule has 0 aliphatic carbocycles. The first-order valence-corrected chi connectivity index (χ1v) is 8.74. The van der Waals surface area contributed by atoms with E-state index in [0.29, 0.717) is 22.3 Å². The third kappa shape index (κ3) is 3.54. The van der Waals surface area contributed by atoms with Crippen molar-refractivity contribution in [2.24, 2.45) is 0 Å². The Balaban J connectivity index is 1.70. The number of para-hydroxylation sites is 1. The number of fused-ring (bicyclic) bond motifs is 1. The molecule has 3 rings (SSSR count). The molecule has 5 nitrogen and oxygen atoms in total. The molecule has 1 aliphatic heterocycles. The first-order valence-electron chi connectivity index (χ1n) is 7.95. The summed E-state index contributed by atoms with van der Waals surface area (Å²) in [5, 5.41) is 0. The van der Waals surface area contributed by atoms with Crippen molar-refractivity contribution >= 4 is 33.5 Å². The summed E-state index contributed by atoms with van der Waals surface area (Å²) in [5.41, 5.74) is 2.38. The summed E-state index contributed by atoms with van der Waals surface area (Å²) in [6, 6.07) is 12.7. The molecule has 0 saturated heterocycles. The maximum absolute atomic E-state index is 12.7. The van der Waals surface area contributed by atoms with Gasteiger partial charge in [0.2, 0.25) is 0 Å². The molecule has 25 heavy (non-hydrogen) atoms. The van der Waals surface area contributed by atoms with Gasteiger partial charge in [-0.3, -0.25) is 4.79 Å². The van der Waals surface area contributed by atoms with E-state index in [0.717, 1.165) is 17.7 Å². The number of amides is 1. The number of hydrogen-bond donors (Lipinski definition) is 0. The summed E-state index contributed by atoms with van der Waals surface area (Å²) in [6.45, 7) is 2.20. The van der Waals surface area contributed by atoms with Crippen LogP contribution in [0.1, 0.15) is 22.8 Å². The number of carbonyl (C=O) groups excluding carboxylic acids is 2. The Morgan fingerprint density at radius 2 is 1.96 bits per heavy atom. The second-order valence-corrected chi connectivity index (χ2v) is 6.62. The van der Waals surface area contributed by atoms with E-state index in [1.165, 1.54) is 0 Å². The number of nitrogens with zero attached hydrogens (tertiary/aromatic N) is 1. The summed E-state index contributed by atoms with van der Waals surface area (Å²) in [4.78, 5) is 26.7. The monoisotopic (exact) mass is 403 g/mol. The third-order valence-electron chi connectivity index (χ3n) is 4.17. The summed E-state index contributed by atoms with van der Waals surface area (Å²) >= 11 is 3.33. The van der Waals surface area contributed by atoms with E-state index >= 15 is 0 Å². The number of anilines is 1. The molecule has 1 aliphatic rings. The van der Waals surface area contributed by atoms with Crippen LogP contribution in [-0.4, -0.2) is 31.6 Å². The second kappa shape index (κ2) is 7.27. The molecule has 6 heteroatoms. The number of hydrogen-bond acceptors (Lipinski definition) is 4. The largest absolute Gasteiger partial charge is 0.496 e. The van der Waals surface area contributed by atoms with E-state index < -0.39 is 12.1 Å². The minimum Gasteiger partial charge on any atom is -0.496 e. The average molecular weight is 404 g/mol. The summed E-state index contributed by atoms with van der Waals surface area (Å²) < 4.78 is 11.2. The van der Waals surface area contributed by atoms with Crippen LogP contribution in [0, 0.1) is 0 Å².